The normalized spacial score (nSPS) is 11.5. The van der Waals surface area contributed by atoms with Gasteiger partial charge in [-0.25, -0.2) is 4.39 Å². The highest BCUT2D eigenvalue weighted by Gasteiger charge is 2.15. The molecule has 0 aliphatic carbocycles. The smallest absolute Gasteiger partial charge is 0.279 e. The Morgan fingerprint density at radius 2 is 1.71 bits per heavy atom. The van der Waals surface area contributed by atoms with Crippen LogP contribution in [0.5, 0.6) is 5.75 Å². The van der Waals surface area contributed by atoms with Crippen molar-refractivity contribution in [1.82, 2.24) is 10.9 Å². The van der Waals surface area contributed by atoms with Crippen LogP contribution in [0.25, 0.3) is 0 Å². The first kappa shape index (κ1) is 21.4. The number of carbonyl (C=O) groups is 2. The lowest BCUT2D eigenvalue weighted by Gasteiger charge is -2.15. The van der Waals surface area contributed by atoms with Crippen molar-refractivity contribution in [2.45, 2.75) is 32.3 Å². The lowest BCUT2D eigenvalue weighted by Crippen LogP contribution is -2.47. The first-order chi connectivity index (χ1) is 13.5. The summed E-state index contributed by atoms with van der Waals surface area (Å²) in [5.74, 6) is -0.838. The first-order valence-corrected chi connectivity index (χ1v) is 9.17. The van der Waals surface area contributed by atoms with Crippen molar-refractivity contribution in [2.24, 2.45) is 0 Å². The van der Waals surface area contributed by atoms with Gasteiger partial charge in [0.25, 0.3) is 5.91 Å². The molecule has 28 heavy (non-hydrogen) atoms. The minimum absolute atomic E-state index is 0.235. The van der Waals surface area contributed by atoms with E-state index in [2.05, 4.69) is 10.9 Å². The Bertz CT molecular complexity index is 738. The van der Waals surface area contributed by atoms with Crippen LogP contribution in [0.4, 0.5) is 4.39 Å². The molecule has 2 rings (SSSR count). The fourth-order valence-corrected chi connectivity index (χ4v) is 2.34. The summed E-state index contributed by atoms with van der Waals surface area (Å²) in [6.07, 6.45) is 0.776. The number of rotatable bonds is 10. The van der Waals surface area contributed by atoms with Gasteiger partial charge in [0.15, 0.2) is 6.10 Å². The van der Waals surface area contributed by atoms with Crippen molar-refractivity contribution in [3.8, 4) is 5.75 Å². The van der Waals surface area contributed by atoms with Crippen LogP contribution in [-0.2, 0) is 20.7 Å². The molecule has 0 aliphatic rings. The first-order valence-electron chi connectivity index (χ1n) is 9.17. The minimum Gasteiger partial charge on any atom is -0.481 e. The number of benzene rings is 2. The zero-order chi connectivity index (χ0) is 20.2. The molecule has 0 aromatic heterocycles. The molecule has 2 aromatic rings. The Morgan fingerprint density at radius 1 is 1.00 bits per heavy atom. The van der Waals surface area contributed by atoms with E-state index in [1.54, 1.807) is 0 Å². The molecule has 0 aliphatic heterocycles. The van der Waals surface area contributed by atoms with Gasteiger partial charge < -0.3 is 9.47 Å². The molecule has 150 valence electrons. The van der Waals surface area contributed by atoms with Crippen LogP contribution in [0.15, 0.2) is 54.6 Å². The minimum atomic E-state index is -0.841. The SMILES string of the molecule is CC(Oc1ccc(F)cc1)C(=O)NNC(=O)CCCOCCc1ccccc1. The molecule has 0 spiro atoms. The number of carbonyl (C=O) groups excluding carboxylic acids is 2. The standard InChI is InChI=1S/C21H25FN2O4/c1-16(28-19-11-9-18(22)10-12-19)21(26)24-23-20(25)8-5-14-27-15-13-17-6-3-2-4-7-17/h2-4,6-7,9-12,16H,5,8,13-15H2,1H3,(H,23,25)(H,24,26). The van der Waals surface area contributed by atoms with Gasteiger partial charge in [0.2, 0.25) is 5.91 Å². The van der Waals surface area contributed by atoms with Crippen LogP contribution in [0.3, 0.4) is 0 Å². The van der Waals surface area contributed by atoms with Gasteiger partial charge >= 0.3 is 0 Å². The third-order valence-corrected chi connectivity index (χ3v) is 3.89. The molecule has 0 fully saturated rings. The largest absolute Gasteiger partial charge is 0.481 e. The predicted molar refractivity (Wildman–Crippen MR) is 103 cm³/mol. The number of amides is 2. The Morgan fingerprint density at radius 3 is 2.43 bits per heavy atom. The van der Waals surface area contributed by atoms with Crippen molar-refractivity contribution < 1.29 is 23.5 Å². The van der Waals surface area contributed by atoms with Crippen molar-refractivity contribution in [2.75, 3.05) is 13.2 Å². The fraction of sp³-hybridized carbons (Fsp3) is 0.333. The predicted octanol–water partition coefficient (Wildman–Crippen LogP) is 2.78. The van der Waals surface area contributed by atoms with E-state index in [-0.39, 0.29) is 18.1 Å². The molecule has 2 amide bonds. The molecular weight excluding hydrogens is 363 g/mol. The van der Waals surface area contributed by atoms with Gasteiger partial charge in [-0.05, 0) is 49.6 Å². The van der Waals surface area contributed by atoms with E-state index in [4.69, 9.17) is 9.47 Å². The Balaban J connectivity index is 1.53. The summed E-state index contributed by atoms with van der Waals surface area (Å²) >= 11 is 0. The van der Waals surface area contributed by atoms with Crippen LogP contribution < -0.4 is 15.6 Å². The molecule has 7 heteroatoms. The summed E-state index contributed by atoms with van der Waals surface area (Å²) in [5, 5.41) is 0. The molecule has 2 N–H and O–H groups in total. The molecule has 6 nitrogen and oxygen atoms in total. The van der Waals surface area contributed by atoms with E-state index >= 15 is 0 Å². The van der Waals surface area contributed by atoms with Crippen molar-refractivity contribution in [1.29, 1.82) is 0 Å². The summed E-state index contributed by atoms with van der Waals surface area (Å²) in [6.45, 7) is 2.60. The number of nitrogens with one attached hydrogen (secondary N) is 2. The molecule has 0 saturated heterocycles. The van der Waals surface area contributed by atoms with E-state index in [9.17, 15) is 14.0 Å². The highest BCUT2D eigenvalue weighted by molar-refractivity contribution is 5.84. The lowest BCUT2D eigenvalue weighted by atomic mass is 10.2. The summed E-state index contributed by atoms with van der Waals surface area (Å²) in [7, 11) is 0. The fourth-order valence-electron chi connectivity index (χ4n) is 2.34. The van der Waals surface area contributed by atoms with E-state index < -0.39 is 12.0 Å². The monoisotopic (exact) mass is 388 g/mol. The van der Waals surface area contributed by atoms with Gasteiger partial charge in [-0.15, -0.1) is 0 Å². The molecule has 0 bridgehead atoms. The third-order valence-electron chi connectivity index (χ3n) is 3.89. The highest BCUT2D eigenvalue weighted by atomic mass is 19.1. The maximum absolute atomic E-state index is 12.8. The second-order valence-electron chi connectivity index (χ2n) is 6.20. The van der Waals surface area contributed by atoms with Gasteiger partial charge in [-0.3, -0.25) is 20.4 Å². The van der Waals surface area contributed by atoms with E-state index in [1.165, 1.54) is 36.8 Å². The van der Waals surface area contributed by atoms with Crippen LogP contribution in [0.2, 0.25) is 0 Å². The zero-order valence-electron chi connectivity index (χ0n) is 15.8. The lowest BCUT2D eigenvalue weighted by molar-refractivity contribution is -0.132. The molecule has 1 unspecified atom stereocenters. The Labute approximate surface area is 164 Å². The topological polar surface area (TPSA) is 76.7 Å². The van der Waals surface area contributed by atoms with Gasteiger partial charge in [-0.2, -0.15) is 0 Å². The molecule has 0 saturated carbocycles. The summed E-state index contributed by atoms with van der Waals surface area (Å²) in [4.78, 5) is 23.7. The van der Waals surface area contributed by atoms with Gasteiger partial charge in [0.1, 0.15) is 11.6 Å². The second kappa shape index (κ2) is 11.7. The zero-order valence-corrected chi connectivity index (χ0v) is 15.8. The molecule has 0 radical (unpaired) electrons. The quantitative estimate of drug-likeness (QED) is 0.485. The number of hydrogen-bond acceptors (Lipinski definition) is 4. The Hall–Kier alpha value is -2.93. The number of halogens is 1. The summed E-state index contributed by atoms with van der Waals surface area (Å²) < 4.78 is 23.7. The van der Waals surface area contributed by atoms with Crippen LogP contribution in [0.1, 0.15) is 25.3 Å². The van der Waals surface area contributed by atoms with E-state index in [0.29, 0.717) is 25.4 Å². The van der Waals surface area contributed by atoms with E-state index in [1.807, 2.05) is 30.3 Å². The van der Waals surface area contributed by atoms with Crippen LogP contribution in [-0.4, -0.2) is 31.1 Å². The summed E-state index contributed by atoms with van der Waals surface area (Å²) in [6, 6.07) is 15.4. The molecule has 0 heterocycles. The second-order valence-corrected chi connectivity index (χ2v) is 6.20. The average molecular weight is 388 g/mol. The van der Waals surface area contributed by atoms with Gasteiger partial charge in [-0.1, -0.05) is 30.3 Å². The van der Waals surface area contributed by atoms with Crippen molar-refractivity contribution in [3.63, 3.8) is 0 Å². The Kier molecular flexibility index (Phi) is 8.94. The molecular formula is C21H25FN2O4. The van der Waals surface area contributed by atoms with Crippen LogP contribution >= 0.6 is 0 Å². The van der Waals surface area contributed by atoms with Crippen molar-refractivity contribution >= 4 is 11.8 Å². The van der Waals surface area contributed by atoms with Gasteiger partial charge in [0.05, 0.1) is 6.61 Å². The molecule has 2 aromatic carbocycles. The molecule has 1 atom stereocenters. The maximum atomic E-state index is 12.8. The third kappa shape index (κ3) is 8.18. The average Bonchev–Trinajstić information content (AvgIpc) is 2.71. The number of ether oxygens (including phenoxy) is 2. The maximum Gasteiger partial charge on any atom is 0.279 e. The van der Waals surface area contributed by atoms with Gasteiger partial charge in [0, 0.05) is 13.0 Å². The van der Waals surface area contributed by atoms with E-state index in [0.717, 1.165) is 6.42 Å². The van der Waals surface area contributed by atoms with Crippen LogP contribution in [0, 0.1) is 5.82 Å². The summed E-state index contributed by atoms with van der Waals surface area (Å²) in [5.41, 5.74) is 5.86. The highest BCUT2D eigenvalue weighted by Crippen LogP contribution is 2.12. The van der Waals surface area contributed by atoms with Crippen molar-refractivity contribution in [3.05, 3.63) is 66.0 Å². The number of hydrazine groups is 1. The number of hydrogen-bond donors (Lipinski definition) is 2.